The van der Waals surface area contributed by atoms with E-state index in [9.17, 15) is 0 Å². The van der Waals surface area contributed by atoms with Crippen LogP contribution in [-0.2, 0) is 6.42 Å². The molecule has 0 saturated heterocycles. The molecule has 0 radical (unpaired) electrons. The Balaban J connectivity index is 2.56. The van der Waals surface area contributed by atoms with Crippen molar-refractivity contribution in [3.63, 3.8) is 0 Å². The predicted molar refractivity (Wildman–Crippen MR) is 63.7 cm³/mol. The smallest absolute Gasteiger partial charge is 0.0406 e. The van der Waals surface area contributed by atoms with Crippen molar-refractivity contribution in [1.29, 1.82) is 0 Å². The molecule has 0 aliphatic carbocycles. The zero-order valence-corrected chi connectivity index (χ0v) is 9.22. The van der Waals surface area contributed by atoms with E-state index in [4.69, 9.17) is 11.6 Å². The van der Waals surface area contributed by atoms with Gasteiger partial charge in [0.15, 0.2) is 0 Å². The number of benzene rings is 1. The maximum atomic E-state index is 5.80. The molecule has 0 heterocycles. The van der Waals surface area contributed by atoms with Crippen molar-refractivity contribution in [2.75, 3.05) is 0 Å². The molecule has 0 unspecified atom stereocenters. The molecule has 1 aromatic rings. The third-order valence-electron chi connectivity index (χ3n) is 1.93. The molecular weight excluding hydrogens is 192 g/mol. The van der Waals surface area contributed by atoms with Crippen molar-refractivity contribution >= 4 is 11.6 Å². The highest BCUT2D eigenvalue weighted by atomic mass is 35.5. The Morgan fingerprint density at radius 3 is 2.57 bits per heavy atom. The minimum Gasteiger partial charge on any atom is -0.0955 e. The minimum absolute atomic E-state index is 0.781. The van der Waals surface area contributed by atoms with Crippen molar-refractivity contribution in [1.82, 2.24) is 0 Å². The molecule has 0 aromatic heterocycles. The highest BCUT2D eigenvalue weighted by molar-refractivity contribution is 6.30. The van der Waals surface area contributed by atoms with Gasteiger partial charge in [-0.1, -0.05) is 55.0 Å². The molecule has 1 aromatic carbocycles. The van der Waals surface area contributed by atoms with E-state index in [1.807, 2.05) is 24.3 Å². The summed E-state index contributed by atoms with van der Waals surface area (Å²) in [6.07, 6.45) is 6.15. The highest BCUT2D eigenvalue weighted by Crippen LogP contribution is 2.12. The normalized spacial score (nSPS) is 10.7. The second kappa shape index (κ2) is 5.66. The summed E-state index contributed by atoms with van der Waals surface area (Å²) < 4.78 is 0. The van der Waals surface area contributed by atoms with Gasteiger partial charge in [0.25, 0.3) is 0 Å². The third kappa shape index (κ3) is 3.80. The second-order valence-corrected chi connectivity index (χ2v) is 3.71. The molecular formula is C13H15Cl. The van der Waals surface area contributed by atoms with E-state index >= 15 is 0 Å². The zero-order valence-electron chi connectivity index (χ0n) is 8.46. The molecule has 0 atom stereocenters. The van der Waals surface area contributed by atoms with Gasteiger partial charge in [-0.15, -0.1) is 0 Å². The number of allylic oxidation sites excluding steroid dienone is 3. The van der Waals surface area contributed by atoms with Crippen LogP contribution in [0.25, 0.3) is 0 Å². The summed E-state index contributed by atoms with van der Waals surface area (Å²) >= 11 is 5.80. The highest BCUT2D eigenvalue weighted by Gasteiger charge is 1.94. The van der Waals surface area contributed by atoms with Gasteiger partial charge in [0.2, 0.25) is 0 Å². The van der Waals surface area contributed by atoms with Crippen LogP contribution >= 0.6 is 11.6 Å². The summed E-state index contributed by atoms with van der Waals surface area (Å²) in [7, 11) is 0. The molecule has 1 rings (SSSR count). The Kier molecular flexibility index (Phi) is 4.48. The fourth-order valence-corrected chi connectivity index (χ4v) is 1.33. The van der Waals surface area contributed by atoms with Gasteiger partial charge in [0.1, 0.15) is 0 Å². The fraction of sp³-hybridized carbons (Fsp3) is 0.231. The van der Waals surface area contributed by atoms with Crippen LogP contribution in [0.1, 0.15) is 18.9 Å². The van der Waals surface area contributed by atoms with Crippen molar-refractivity contribution < 1.29 is 0 Å². The van der Waals surface area contributed by atoms with E-state index in [1.165, 1.54) is 5.56 Å². The molecule has 0 nitrogen and oxygen atoms in total. The fourth-order valence-electron chi connectivity index (χ4n) is 1.21. The van der Waals surface area contributed by atoms with E-state index in [2.05, 4.69) is 25.7 Å². The lowest BCUT2D eigenvalue weighted by Crippen LogP contribution is -1.85. The van der Waals surface area contributed by atoms with Crippen LogP contribution in [0.5, 0.6) is 0 Å². The van der Waals surface area contributed by atoms with E-state index in [0.29, 0.717) is 0 Å². The van der Waals surface area contributed by atoms with Gasteiger partial charge in [0.05, 0.1) is 0 Å². The van der Waals surface area contributed by atoms with Gasteiger partial charge in [-0.3, -0.25) is 0 Å². The molecule has 74 valence electrons. The van der Waals surface area contributed by atoms with E-state index in [1.54, 1.807) is 0 Å². The number of rotatable bonds is 4. The lowest BCUT2D eigenvalue weighted by Gasteiger charge is -2.00. The predicted octanol–water partition coefficient (Wildman–Crippen LogP) is 4.40. The molecule has 1 heteroatoms. The summed E-state index contributed by atoms with van der Waals surface area (Å²) in [6.45, 7) is 6.11. The van der Waals surface area contributed by atoms with Gasteiger partial charge in [-0.2, -0.15) is 0 Å². The Labute approximate surface area is 90.9 Å². The van der Waals surface area contributed by atoms with Crippen molar-refractivity contribution in [2.45, 2.75) is 19.8 Å². The van der Waals surface area contributed by atoms with Crippen LogP contribution in [-0.4, -0.2) is 0 Å². The number of hydrogen-bond acceptors (Lipinski definition) is 0. The lowest BCUT2D eigenvalue weighted by atomic mass is 10.1. The minimum atomic E-state index is 0.781. The SMILES string of the molecule is C=C(/C=C\CC)Cc1ccc(Cl)cc1. The van der Waals surface area contributed by atoms with Crippen molar-refractivity contribution in [2.24, 2.45) is 0 Å². The number of hydrogen-bond donors (Lipinski definition) is 0. The van der Waals surface area contributed by atoms with Gasteiger partial charge >= 0.3 is 0 Å². The summed E-state index contributed by atoms with van der Waals surface area (Å²) in [4.78, 5) is 0. The summed E-state index contributed by atoms with van der Waals surface area (Å²) in [5.74, 6) is 0. The Morgan fingerprint density at radius 1 is 1.36 bits per heavy atom. The van der Waals surface area contributed by atoms with E-state index in [0.717, 1.165) is 23.4 Å². The summed E-state index contributed by atoms with van der Waals surface area (Å²) in [6, 6.07) is 7.89. The van der Waals surface area contributed by atoms with E-state index in [-0.39, 0.29) is 0 Å². The Morgan fingerprint density at radius 2 is 2.00 bits per heavy atom. The first-order valence-corrected chi connectivity index (χ1v) is 5.19. The average molecular weight is 207 g/mol. The first kappa shape index (κ1) is 11.1. The molecule has 0 fully saturated rings. The van der Waals surface area contributed by atoms with E-state index < -0.39 is 0 Å². The zero-order chi connectivity index (χ0) is 10.4. The molecule has 0 aliphatic rings. The van der Waals surface area contributed by atoms with Gasteiger partial charge in [-0.25, -0.2) is 0 Å². The van der Waals surface area contributed by atoms with Crippen molar-refractivity contribution in [3.8, 4) is 0 Å². The monoisotopic (exact) mass is 206 g/mol. The van der Waals surface area contributed by atoms with Crippen LogP contribution in [0.2, 0.25) is 5.02 Å². The van der Waals surface area contributed by atoms with Crippen molar-refractivity contribution in [3.05, 3.63) is 59.2 Å². The Hall–Kier alpha value is -1.01. The van der Waals surface area contributed by atoms with Crippen LogP contribution in [0.15, 0.2) is 48.6 Å². The second-order valence-electron chi connectivity index (χ2n) is 3.27. The molecule has 0 amide bonds. The molecule has 0 N–H and O–H groups in total. The molecule has 0 bridgehead atoms. The number of halogens is 1. The first-order chi connectivity index (χ1) is 6.72. The van der Waals surface area contributed by atoms with Gasteiger partial charge in [-0.05, 0) is 30.5 Å². The Bertz CT molecular complexity index is 320. The molecule has 14 heavy (non-hydrogen) atoms. The van der Waals surface area contributed by atoms with Crippen LogP contribution < -0.4 is 0 Å². The lowest BCUT2D eigenvalue weighted by molar-refractivity contribution is 1.17. The largest absolute Gasteiger partial charge is 0.0955 e. The third-order valence-corrected chi connectivity index (χ3v) is 2.19. The molecule has 0 saturated carbocycles. The molecule has 0 aliphatic heterocycles. The standard InChI is InChI=1S/C13H15Cl/c1-3-4-5-11(2)10-12-6-8-13(14)9-7-12/h4-9H,2-3,10H2,1H3/b5-4-. The maximum absolute atomic E-state index is 5.80. The van der Waals surface area contributed by atoms with Crippen LogP contribution in [0, 0.1) is 0 Å². The van der Waals surface area contributed by atoms with Gasteiger partial charge < -0.3 is 0 Å². The topological polar surface area (TPSA) is 0 Å². The quantitative estimate of drug-likeness (QED) is 0.641. The molecule has 0 spiro atoms. The maximum Gasteiger partial charge on any atom is 0.0406 e. The summed E-state index contributed by atoms with van der Waals surface area (Å²) in [5, 5.41) is 0.781. The first-order valence-electron chi connectivity index (χ1n) is 4.81. The summed E-state index contributed by atoms with van der Waals surface area (Å²) in [5.41, 5.74) is 2.38. The van der Waals surface area contributed by atoms with Gasteiger partial charge in [0, 0.05) is 5.02 Å². The van der Waals surface area contributed by atoms with Crippen LogP contribution in [0.3, 0.4) is 0 Å². The average Bonchev–Trinajstić information content (AvgIpc) is 2.18. The van der Waals surface area contributed by atoms with Crippen LogP contribution in [0.4, 0.5) is 0 Å².